The molecule has 0 bridgehead atoms. The van der Waals surface area contributed by atoms with Gasteiger partial charge in [0.15, 0.2) is 5.16 Å². The van der Waals surface area contributed by atoms with Gasteiger partial charge in [-0.2, -0.15) is 0 Å². The zero-order valence-corrected chi connectivity index (χ0v) is 10.1. The van der Waals surface area contributed by atoms with E-state index in [2.05, 4.69) is 15.5 Å². The van der Waals surface area contributed by atoms with Gasteiger partial charge in [-0.15, -0.1) is 5.10 Å². The van der Waals surface area contributed by atoms with Crippen molar-refractivity contribution in [2.75, 3.05) is 5.75 Å². The van der Waals surface area contributed by atoms with E-state index in [9.17, 15) is 9.59 Å². The van der Waals surface area contributed by atoms with E-state index in [0.717, 1.165) is 25.7 Å². The maximum absolute atomic E-state index is 11.5. The SMILES string of the molecule is O=C(CSc1n[nH]c(=O)n1C1CC1)NC1CC1. The topological polar surface area (TPSA) is 79.8 Å². The fourth-order valence-corrected chi connectivity index (χ4v) is 2.50. The third-order valence-corrected chi connectivity index (χ3v) is 3.81. The molecule has 0 saturated heterocycles. The molecular weight excluding hydrogens is 240 g/mol. The van der Waals surface area contributed by atoms with E-state index in [1.807, 2.05) is 0 Å². The lowest BCUT2D eigenvalue weighted by Gasteiger charge is -2.04. The van der Waals surface area contributed by atoms with Gasteiger partial charge < -0.3 is 5.32 Å². The molecule has 2 aliphatic rings. The Balaban J connectivity index is 1.60. The molecule has 2 fully saturated rings. The Morgan fingerprint density at radius 3 is 2.88 bits per heavy atom. The Labute approximate surface area is 102 Å². The molecule has 2 saturated carbocycles. The van der Waals surface area contributed by atoms with Crippen molar-refractivity contribution in [2.45, 2.75) is 42.9 Å². The van der Waals surface area contributed by atoms with Crippen LogP contribution in [0.2, 0.25) is 0 Å². The zero-order valence-electron chi connectivity index (χ0n) is 9.31. The minimum absolute atomic E-state index is 0.0234. The van der Waals surface area contributed by atoms with E-state index in [4.69, 9.17) is 0 Å². The molecule has 0 aliphatic heterocycles. The average Bonchev–Trinajstić information content (AvgIpc) is 3.19. The van der Waals surface area contributed by atoms with Crippen LogP contribution in [0.15, 0.2) is 9.95 Å². The van der Waals surface area contributed by atoms with Crippen molar-refractivity contribution >= 4 is 17.7 Å². The predicted molar refractivity (Wildman–Crippen MR) is 63.0 cm³/mol. The Morgan fingerprint density at radius 2 is 2.24 bits per heavy atom. The number of carbonyl (C=O) groups is 1. The molecule has 1 heterocycles. The van der Waals surface area contributed by atoms with Crippen LogP contribution in [0.1, 0.15) is 31.7 Å². The second-order valence-electron chi connectivity index (χ2n) is 4.54. The first-order chi connectivity index (χ1) is 8.24. The normalized spacial score (nSPS) is 19.3. The monoisotopic (exact) mass is 254 g/mol. The van der Waals surface area contributed by atoms with Crippen LogP contribution in [0.5, 0.6) is 0 Å². The third-order valence-electron chi connectivity index (χ3n) is 2.86. The molecule has 1 aromatic rings. The second-order valence-corrected chi connectivity index (χ2v) is 5.49. The third kappa shape index (κ3) is 2.54. The molecule has 7 heteroatoms. The molecule has 0 unspecified atom stereocenters. The molecule has 0 aromatic carbocycles. The number of hydrogen-bond acceptors (Lipinski definition) is 4. The highest BCUT2D eigenvalue weighted by atomic mass is 32.2. The van der Waals surface area contributed by atoms with Crippen LogP contribution >= 0.6 is 11.8 Å². The van der Waals surface area contributed by atoms with Crippen molar-refractivity contribution in [1.82, 2.24) is 20.1 Å². The lowest BCUT2D eigenvalue weighted by atomic mass is 10.6. The van der Waals surface area contributed by atoms with E-state index >= 15 is 0 Å². The first-order valence-corrected chi connectivity index (χ1v) is 6.81. The van der Waals surface area contributed by atoms with Crippen molar-refractivity contribution in [3.8, 4) is 0 Å². The number of nitrogens with one attached hydrogen (secondary N) is 2. The Bertz CT molecular complexity index is 487. The minimum atomic E-state index is -0.169. The number of H-pyrrole nitrogens is 1. The molecule has 1 aromatic heterocycles. The van der Waals surface area contributed by atoms with E-state index in [1.54, 1.807) is 4.57 Å². The van der Waals surface area contributed by atoms with Gasteiger partial charge in [0.2, 0.25) is 5.91 Å². The fraction of sp³-hybridized carbons (Fsp3) is 0.700. The summed E-state index contributed by atoms with van der Waals surface area (Å²) in [4.78, 5) is 23.0. The molecule has 17 heavy (non-hydrogen) atoms. The number of carbonyl (C=O) groups excluding carboxylic acids is 1. The van der Waals surface area contributed by atoms with Gasteiger partial charge >= 0.3 is 5.69 Å². The van der Waals surface area contributed by atoms with Crippen molar-refractivity contribution in [3.63, 3.8) is 0 Å². The molecule has 0 atom stereocenters. The van der Waals surface area contributed by atoms with Crippen molar-refractivity contribution in [3.05, 3.63) is 10.5 Å². The van der Waals surface area contributed by atoms with Gasteiger partial charge in [0.25, 0.3) is 0 Å². The van der Waals surface area contributed by atoms with Crippen molar-refractivity contribution in [2.24, 2.45) is 0 Å². The van der Waals surface area contributed by atoms with E-state index in [-0.39, 0.29) is 17.6 Å². The van der Waals surface area contributed by atoms with Gasteiger partial charge in [-0.3, -0.25) is 9.36 Å². The largest absolute Gasteiger partial charge is 0.353 e. The summed E-state index contributed by atoms with van der Waals surface area (Å²) in [5.74, 6) is 0.350. The molecule has 0 spiro atoms. The Hall–Kier alpha value is -1.24. The van der Waals surface area contributed by atoms with Gasteiger partial charge in [-0.05, 0) is 25.7 Å². The van der Waals surface area contributed by atoms with Gasteiger partial charge in [0, 0.05) is 12.1 Å². The number of aromatic nitrogens is 3. The van der Waals surface area contributed by atoms with Crippen LogP contribution in [-0.2, 0) is 4.79 Å². The number of thioether (sulfide) groups is 1. The molecular formula is C10H14N4O2S. The lowest BCUT2D eigenvalue weighted by molar-refractivity contribution is -0.118. The summed E-state index contributed by atoms with van der Waals surface area (Å²) >= 11 is 1.32. The van der Waals surface area contributed by atoms with Crippen LogP contribution in [0.4, 0.5) is 0 Å². The standard InChI is InChI=1S/C10H14N4O2S/c15-8(11-6-1-2-6)5-17-10-13-12-9(16)14(10)7-3-4-7/h6-7H,1-5H2,(H,11,15)(H,12,16). The number of amides is 1. The predicted octanol–water partition coefficient (Wildman–Crippen LogP) is 0.277. The van der Waals surface area contributed by atoms with Gasteiger partial charge in [0.1, 0.15) is 0 Å². The highest BCUT2D eigenvalue weighted by Crippen LogP contribution is 2.35. The summed E-state index contributed by atoms with van der Waals surface area (Å²) in [5.41, 5.74) is -0.169. The number of hydrogen-bond donors (Lipinski definition) is 2. The molecule has 6 nitrogen and oxygen atoms in total. The minimum Gasteiger partial charge on any atom is -0.353 e. The molecule has 1 amide bonds. The lowest BCUT2D eigenvalue weighted by Crippen LogP contribution is -2.27. The van der Waals surface area contributed by atoms with Gasteiger partial charge in [0.05, 0.1) is 5.75 Å². The van der Waals surface area contributed by atoms with Crippen LogP contribution in [0.3, 0.4) is 0 Å². The maximum atomic E-state index is 11.5. The first kappa shape index (κ1) is 10.9. The molecule has 2 aliphatic carbocycles. The van der Waals surface area contributed by atoms with Crippen LogP contribution < -0.4 is 11.0 Å². The zero-order chi connectivity index (χ0) is 11.8. The highest BCUT2D eigenvalue weighted by molar-refractivity contribution is 7.99. The number of aromatic amines is 1. The summed E-state index contributed by atoms with van der Waals surface area (Å²) in [6, 6.07) is 0.670. The van der Waals surface area contributed by atoms with Crippen LogP contribution in [0.25, 0.3) is 0 Å². The van der Waals surface area contributed by atoms with E-state index in [0.29, 0.717) is 17.0 Å². The highest BCUT2D eigenvalue weighted by Gasteiger charge is 2.29. The smallest absolute Gasteiger partial charge is 0.344 e. The maximum Gasteiger partial charge on any atom is 0.344 e. The summed E-state index contributed by atoms with van der Waals surface area (Å²) < 4.78 is 1.66. The quantitative estimate of drug-likeness (QED) is 0.740. The Morgan fingerprint density at radius 1 is 1.47 bits per heavy atom. The molecule has 0 radical (unpaired) electrons. The molecule has 2 N–H and O–H groups in total. The summed E-state index contributed by atoms with van der Waals surface area (Å²) in [7, 11) is 0. The van der Waals surface area contributed by atoms with E-state index < -0.39 is 0 Å². The van der Waals surface area contributed by atoms with E-state index in [1.165, 1.54) is 11.8 Å². The molecule has 3 rings (SSSR count). The van der Waals surface area contributed by atoms with Gasteiger partial charge in [-0.25, -0.2) is 9.89 Å². The average molecular weight is 254 g/mol. The second kappa shape index (κ2) is 4.21. The number of rotatable bonds is 5. The molecule has 92 valence electrons. The van der Waals surface area contributed by atoms with Crippen molar-refractivity contribution < 1.29 is 4.79 Å². The summed E-state index contributed by atoms with van der Waals surface area (Å²) in [6.45, 7) is 0. The Kier molecular flexibility index (Phi) is 2.70. The summed E-state index contributed by atoms with van der Waals surface area (Å²) in [5, 5.41) is 9.93. The van der Waals surface area contributed by atoms with Crippen LogP contribution in [-0.4, -0.2) is 32.5 Å². The first-order valence-electron chi connectivity index (χ1n) is 5.83. The number of nitrogens with zero attached hydrogens (tertiary/aromatic N) is 2. The summed E-state index contributed by atoms with van der Waals surface area (Å²) in [6.07, 6.45) is 4.24. The van der Waals surface area contributed by atoms with Crippen LogP contribution in [0, 0.1) is 0 Å². The van der Waals surface area contributed by atoms with Gasteiger partial charge in [-0.1, -0.05) is 11.8 Å². The fourth-order valence-electron chi connectivity index (χ4n) is 1.67. The van der Waals surface area contributed by atoms with Crippen molar-refractivity contribution in [1.29, 1.82) is 0 Å².